The minimum Gasteiger partial charge on any atom is -0.354 e. The average Bonchev–Trinajstić information content (AvgIpc) is 2.37. The molecule has 0 radical (unpaired) electrons. The van der Waals surface area contributed by atoms with E-state index in [0.717, 1.165) is 30.2 Å². The van der Waals surface area contributed by atoms with Crippen LogP contribution in [0.5, 0.6) is 0 Å². The van der Waals surface area contributed by atoms with Crippen LogP contribution in [0.25, 0.3) is 0 Å². The largest absolute Gasteiger partial charge is 0.354 e. The number of hydrogen-bond donors (Lipinski definition) is 0. The third kappa shape index (κ3) is 2.87. The Balaban J connectivity index is 2.33. The molecule has 0 N–H and O–H groups in total. The fourth-order valence-corrected chi connectivity index (χ4v) is 2.84. The molecule has 0 aliphatic carbocycles. The van der Waals surface area contributed by atoms with Crippen molar-refractivity contribution >= 4 is 5.82 Å². The Morgan fingerprint density at radius 3 is 2.84 bits per heavy atom. The molecule has 0 bridgehead atoms. The summed E-state index contributed by atoms with van der Waals surface area (Å²) in [6, 6.07) is 4.72. The van der Waals surface area contributed by atoms with Crippen molar-refractivity contribution in [2.45, 2.75) is 32.7 Å². The highest BCUT2D eigenvalue weighted by Gasteiger charge is 2.24. The number of pyridine rings is 1. The molecule has 0 amide bonds. The molecule has 1 aromatic rings. The van der Waals surface area contributed by atoms with Crippen LogP contribution >= 0.6 is 0 Å². The molecule has 2 heterocycles. The summed E-state index contributed by atoms with van der Waals surface area (Å²) in [5.41, 5.74) is 2.70. The van der Waals surface area contributed by atoms with E-state index in [9.17, 15) is 5.26 Å². The predicted molar refractivity (Wildman–Crippen MR) is 77.3 cm³/mol. The van der Waals surface area contributed by atoms with Crippen molar-refractivity contribution in [2.24, 2.45) is 0 Å². The summed E-state index contributed by atoms with van der Waals surface area (Å²) in [7, 11) is 4.21. The molecule has 0 saturated carbocycles. The number of likely N-dealkylation sites (N-methyl/N-ethyl adjacent to an activating group) is 2. The fraction of sp³-hybridized carbons (Fsp3) is 0.600. The van der Waals surface area contributed by atoms with E-state index in [1.54, 1.807) is 0 Å². The molecule has 1 aromatic heterocycles. The lowest BCUT2D eigenvalue weighted by Crippen LogP contribution is -2.45. The van der Waals surface area contributed by atoms with Gasteiger partial charge < -0.3 is 9.80 Å². The number of aryl methyl sites for hydroxylation is 2. The third-order valence-electron chi connectivity index (χ3n) is 3.92. The van der Waals surface area contributed by atoms with Crippen molar-refractivity contribution in [1.82, 2.24) is 9.88 Å². The monoisotopic (exact) mass is 258 g/mol. The van der Waals surface area contributed by atoms with Gasteiger partial charge in [-0.1, -0.05) is 0 Å². The summed E-state index contributed by atoms with van der Waals surface area (Å²) in [6.07, 6.45) is 2.37. The molecule has 1 aliphatic heterocycles. The Kier molecular flexibility index (Phi) is 4.06. The average molecular weight is 258 g/mol. The standard InChI is InChI=1S/C15H22N4/c1-11-8-12(2)17-15(14(11)9-16)19(4)13-6-5-7-18(3)10-13/h8,13H,5-7,10H2,1-4H3. The minimum absolute atomic E-state index is 0.444. The van der Waals surface area contributed by atoms with E-state index in [4.69, 9.17) is 0 Å². The normalized spacial score (nSPS) is 20.1. The SMILES string of the molecule is Cc1cc(C)c(C#N)c(N(C)C2CCCN(C)C2)n1. The first-order chi connectivity index (χ1) is 9.02. The van der Waals surface area contributed by atoms with E-state index in [1.165, 1.54) is 12.8 Å². The van der Waals surface area contributed by atoms with Crippen LogP contribution in [-0.4, -0.2) is 43.1 Å². The van der Waals surface area contributed by atoms with Gasteiger partial charge in [-0.05, 0) is 51.9 Å². The molecule has 1 atom stereocenters. The Morgan fingerprint density at radius 1 is 1.47 bits per heavy atom. The van der Waals surface area contributed by atoms with Crippen LogP contribution in [0.4, 0.5) is 5.82 Å². The van der Waals surface area contributed by atoms with Gasteiger partial charge in [0.15, 0.2) is 0 Å². The van der Waals surface area contributed by atoms with Crippen LogP contribution < -0.4 is 4.90 Å². The van der Waals surface area contributed by atoms with Crippen LogP contribution in [0.2, 0.25) is 0 Å². The highest BCUT2D eigenvalue weighted by molar-refractivity contribution is 5.58. The van der Waals surface area contributed by atoms with Crippen LogP contribution in [-0.2, 0) is 0 Å². The van der Waals surface area contributed by atoms with Gasteiger partial charge >= 0.3 is 0 Å². The maximum absolute atomic E-state index is 9.36. The van der Waals surface area contributed by atoms with Crippen molar-refractivity contribution in [3.8, 4) is 6.07 Å². The van der Waals surface area contributed by atoms with Gasteiger partial charge in [-0.25, -0.2) is 4.98 Å². The van der Waals surface area contributed by atoms with Crippen molar-refractivity contribution in [1.29, 1.82) is 5.26 Å². The van der Waals surface area contributed by atoms with Crippen LogP contribution in [0.1, 0.15) is 29.7 Å². The number of aromatic nitrogens is 1. The Morgan fingerprint density at radius 2 is 2.21 bits per heavy atom. The summed E-state index contributed by atoms with van der Waals surface area (Å²) in [4.78, 5) is 9.13. The molecule has 4 heteroatoms. The van der Waals surface area contributed by atoms with Gasteiger partial charge in [0.2, 0.25) is 0 Å². The number of rotatable bonds is 2. The van der Waals surface area contributed by atoms with Gasteiger partial charge in [-0.15, -0.1) is 0 Å². The summed E-state index contributed by atoms with van der Waals surface area (Å²) in [5.74, 6) is 0.834. The summed E-state index contributed by atoms with van der Waals surface area (Å²) >= 11 is 0. The molecule has 2 rings (SSSR count). The molecule has 1 fully saturated rings. The number of nitrogens with zero attached hydrogens (tertiary/aromatic N) is 4. The van der Waals surface area contributed by atoms with Crippen LogP contribution in [0.3, 0.4) is 0 Å². The van der Waals surface area contributed by atoms with Gasteiger partial charge in [0.1, 0.15) is 11.9 Å². The number of piperidine rings is 1. The van der Waals surface area contributed by atoms with Crippen LogP contribution in [0, 0.1) is 25.2 Å². The molecule has 102 valence electrons. The topological polar surface area (TPSA) is 43.2 Å². The second-order valence-corrected chi connectivity index (χ2v) is 5.56. The number of hydrogen-bond acceptors (Lipinski definition) is 4. The third-order valence-corrected chi connectivity index (χ3v) is 3.92. The van der Waals surface area contributed by atoms with Gasteiger partial charge in [-0.3, -0.25) is 0 Å². The molecule has 0 aromatic carbocycles. The lowest BCUT2D eigenvalue weighted by Gasteiger charge is -2.37. The Bertz CT molecular complexity index is 504. The Labute approximate surface area is 115 Å². The van der Waals surface area contributed by atoms with Gasteiger partial charge in [0, 0.05) is 25.3 Å². The highest BCUT2D eigenvalue weighted by Crippen LogP contribution is 2.25. The molecule has 19 heavy (non-hydrogen) atoms. The quantitative estimate of drug-likeness (QED) is 0.815. The molecular formula is C15H22N4. The molecule has 1 aliphatic rings. The van der Waals surface area contributed by atoms with Gasteiger partial charge in [0.25, 0.3) is 0 Å². The molecule has 1 saturated heterocycles. The van der Waals surface area contributed by atoms with E-state index < -0.39 is 0 Å². The maximum Gasteiger partial charge on any atom is 0.147 e. The lowest BCUT2D eigenvalue weighted by atomic mass is 10.0. The predicted octanol–water partition coefficient (Wildman–Crippen LogP) is 2.10. The van der Waals surface area contributed by atoms with E-state index in [2.05, 4.69) is 34.9 Å². The molecule has 0 spiro atoms. The first kappa shape index (κ1) is 13.8. The smallest absolute Gasteiger partial charge is 0.147 e. The second-order valence-electron chi connectivity index (χ2n) is 5.56. The number of anilines is 1. The highest BCUT2D eigenvalue weighted by atomic mass is 15.2. The van der Waals surface area contributed by atoms with Crippen molar-refractivity contribution in [2.75, 3.05) is 32.1 Å². The van der Waals surface area contributed by atoms with Crippen molar-refractivity contribution < 1.29 is 0 Å². The van der Waals surface area contributed by atoms with Gasteiger partial charge in [-0.2, -0.15) is 5.26 Å². The van der Waals surface area contributed by atoms with Crippen LogP contribution in [0.15, 0.2) is 6.07 Å². The van der Waals surface area contributed by atoms with Crippen molar-refractivity contribution in [3.63, 3.8) is 0 Å². The molecule has 1 unspecified atom stereocenters. The summed E-state index contributed by atoms with van der Waals surface area (Å²) < 4.78 is 0. The number of likely N-dealkylation sites (tertiary alicyclic amines) is 1. The second kappa shape index (κ2) is 5.58. The molecular weight excluding hydrogens is 236 g/mol. The first-order valence-corrected chi connectivity index (χ1v) is 6.82. The Hall–Kier alpha value is -1.60. The van der Waals surface area contributed by atoms with E-state index in [-0.39, 0.29) is 0 Å². The zero-order valence-corrected chi connectivity index (χ0v) is 12.3. The molecule has 4 nitrogen and oxygen atoms in total. The number of nitriles is 1. The van der Waals surface area contributed by atoms with E-state index >= 15 is 0 Å². The van der Waals surface area contributed by atoms with Crippen molar-refractivity contribution in [3.05, 3.63) is 22.9 Å². The first-order valence-electron chi connectivity index (χ1n) is 6.82. The lowest BCUT2D eigenvalue weighted by molar-refractivity contribution is 0.247. The van der Waals surface area contributed by atoms with E-state index in [1.807, 2.05) is 19.9 Å². The van der Waals surface area contributed by atoms with E-state index in [0.29, 0.717) is 11.6 Å². The summed E-state index contributed by atoms with van der Waals surface area (Å²) in [6.45, 7) is 6.17. The fourth-order valence-electron chi connectivity index (χ4n) is 2.84. The summed E-state index contributed by atoms with van der Waals surface area (Å²) in [5, 5.41) is 9.36. The van der Waals surface area contributed by atoms with Gasteiger partial charge in [0.05, 0.1) is 5.56 Å². The minimum atomic E-state index is 0.444. The zero-order valence-electron chi connectivity index (χ0n) is 12.3. The maximum atomic E-state index is 9.36. The zero-order chi connectivity index (χ0) is 14.0.